The van der Waals surface area contributed by atoms with E-state index in [1.54, 1.807) is 0 Å². The van der Waals surface area contributed by atoms with Gasteiger partial charge >= 0.3 is 17.9 Å². The zero-order valence-corrected chi connectivity index (χ0v) is 30.7. The van der Waals surface area contributed by atoms with Crippen molar-refractivity contribution in [2.75, 3.05) is 14.2 Å². The molecule has 25 heteroatoms. The third-order valence-corrected chi connectivity index (χ3v) is 9.77. The molecule has 15 unspecified atom stereocenters. The van der Waals surface area contributed by atoms with Gasteiger partial charge in [0.2, 0.25) is 12.0 Å². The second-order valence-corrected chi connectivity index (χ2v) is 13.6. The SMILES string of the molecule is COc1cc(-c2cc(=O)c3c(O)cc(OC4OC(C(=O)O)C(OC5OC(C(=O)O)C(OC6OC(C(=O)O)C(O)C(O)C6O)C(O)C5O)C(O)C4O)cc3o2)cc(OC)c1O. The molecule has 3 fully saturated rings. The van der Waals surface area contributed by atoms with Crippen molar-refractivity contribution in [2.45, 2.75) is 92.1 Å². The van der Waals surface area contributed by atoms with E-state index < -0.39 is 127 Å². The van der Waals surface area contributed by atoms with Gasteiger partial charge in [-0.2, -0.15) is 0 Å². The Balaban J connectivity index is 1.21. The number of aromatic hydroxyl groups is 2. The highest BCUT2D eigenvalue weighted by atomic mass is 16.8. The van der Waals surface area contributed by atoms with Gasteiger partial charge in [-0.3, -0.25) is 4.79 Å². The molecule has 0 spiro atoms. The number of aliphatic hydroxyl groups is 7. The number of benzene rings is 2. The lowest BCUT2D eigenvalue weighted by Gasteiger charge is -2.46. The molecule has 3 saturated heterocycles. The molecular weight excluding hydrogens is 820 g/mol. The van der Waals surface area contributed by atoms with Crippen LogP contribution < -0.4 is 19.6 Å². The number of carboxylic acid groups (broad SMARTS) is 3. The number of carboxylic acids is 3. The normalized spacial score (nSPS) is 34.5. The predicted molar refractivity (Wildman–Crippen MR) is 186 cm³/mol. The summed E-state index contributed by atoms with van der Waals surface area (Å²) in [5.74, 6) is -7.30. The van der Waals surface area contributed by atoms with Crippen molar-refractivity contribution in [3.05, 3.63) is 40.6 Å². The largest absolute Gasteiger partial charge is 0.507 e. The minimum Gasteiger partial charge on any atom is -0.507 e. The standard InChI is InChI=1S/C35H38O25/c1-52-14-3-8(4-15(53-2)17(14)38)12-7-11(37)16-10(36)5-9(6-13(16)55-12)54-33-23(44)20(41)25(28(59-33)31(48)49)57-35-24(45)21(42)26(29(60-35)32(50)51)56-34-22(43)18(39)19(40)27(58-34)30(46)47/h3-7,18-29,33-36,38-45H,1-2H3,(H,46,47)(H,48,49)(H,50,51). The van der Waals surface area contributed by atoms with Crippen LogP contribution in [0.1, 0.15) is 0 Å². The van der Waals surface area contributed by atoms with E-state index in [1.165, 1.54) is 26.4 Å². The Hall–Kier alpha value is -5.42. The molecule has 3 aliphatic heterocycles. The van der Waals surface area contributed by atoms with Gasteiger partial charge in [-0.15, -0.1) is 0 Å². The number of rotatable bonds is 12. The fraction of sp³-hybridized carbons (Fsp3) is 0.486. The number of ether oxygens (including phenoxy) is 8. The summed E-state index contributed by atoms with van der Waals surface area (Å²) in [7, 11) is 2.53. The molecule has 15 atom stereocenters. The topological polar surface area (TPSA) is 398 Å². The number of phenols is 2. The lowest BCUT2D eigenvalue weighted by Crippen LogP contribution is -2.67. The average Bonchev–Trinajstić information content (AvgIpc) is 3.19. The van der Waals surface area contributed by atoms with E-state index in [0.29, 0.717) is 0 Å². The van der Waals surface area contributed by atoms with Crippen LogP contribution in [0.15, 0.2) is 39.5 Å². The Labute approximate surface area is 333 Å². The fourth-order valence-electron chi connectivity index (χ4n) is 6.68. The highest BCUT2D eigenvalue weighted by molar-refractivity contribution is 5.86. The van der Waals surface area contributed by atoms with Crippen LogP contribution >= 0.6 is 0 Å². The second-order valence-electron chi connectivity index (χ2n) is 13.6. The first kappa shape index (κ1) is 44.1. The Morgan fingerprint density at radius 2 is 1.05 bits per heavy atom. The van der Waals surface area contributed by atoms with Gasteiger partial charge in [0.1, 0.15) is 83.2 Å². The van der Waals surface area contributed by atoms with Gasteiger partial charge in [0, 0.05) is 23.8 Å². The molecule has 0 amide bonds. The summed E-state index contributed by atoms with van der Waals surface area (Å²) >= 11 is 0. The Morgan fingerprint density at radius 3 is 1.55 bits per heavy atom. The molecule has 3 aromatic rings. The monoisotopic (exact) mass is 858 g/mol. The number of hydrogen-bond acceptors (Lipinski definition) is 22. The van der Waals surface area contributed by atoms with E-state index in [-0.39, 0.29) is 39.5 Å². The summed E-state index contributed by atoms with van der Waals surface area (Å²) in [6.45, 7) is 0. The third kappa shape index (κ3) is 8.20. The number of carbonyl (C=O) groups is 3. The van der Waals surface area contributed by atoms with Crippen LogP contribution in [0.3, 0.4) is 0 Å². The molecule has 3 aliphatic rings. The minimum atomic E-state index is -2.39. The number of hydrogen-bond donors (Lipinski definition) is 12. The number of methoxy groups -OCH3 is 2. The van der Waals surface area contributed by atoms with Crippen LogP contribution in [0.5, 0.6) is 28.7 Å². The summed E-state index contributed by atoms with van der Waals surface area (Å²) in [5.41, 5.74) is -0.875. The van der Waals surface area contributed by atoms with Crippen molar-refractivity contribution in [2.24, 2.45) is 0 Å². The van der Waals surface area contributed by atoms with Crippen LogP contribution in [0.2, 0.25) is 0 Å². The molecule has 12 N–H and O–H groups in total. The molecule has 1 aromatic heterocycles. The quantitative estimate of drug-likeness (QED) is 0.0825. The van der Waals surface area contributed by atoms with Gasteiger partial charge < -0.3 is 104 Å². The van der Waals surface area contributed by atoms with Crippen molar-refractivity contribution in [1.29, 1.82) is 0 Å². The summed E-state index contributed by atoms with van der Waals surface area (Å²) < 4.78 is 47.9. The summed E-state index contributed by atoms with van der Waals surface area (Å²) in [4.78, 5) is 49.2. The zero-order chi connectivity index (χ0) is 44.1. The lowest BCUT2D eigenvalue weighted by molar-refractivity contribution is -0.367. The van der Waals surface area contributed by atoms with E-state index >= 15 is 0 Å². The summed E-state index contributed by atoms with van der Waals surface area (Å²) in [6, 6.07) is 5.60. The molecular formula is C35H38O25. The molecule has 328 valence electrons. The van der Waals surface area contributed by atoms with Crippen LogP contribution in [0.4, 0.5) is 0 Å². The molecule has 6 rings (SSSR count). The highest BCUT2D eigenvalue weighted by Crippen LogP contribution is 2.41. The molecule has 0 aliphatic carbocycles. The Bertz CT molecular complexity index is 2130. The molecule has 0 saturated carbocycles. The van der Waals surface area contributed by atoms with Crippen LogP contribution in [0.25, 0.3) is 22.3 Å². The van der Waals surface area contributed by atoms with E-state index in [0.717, 1.165) is 18.2 Å². The maximum atomic E-state index is 13.1. The van der Waals surface area contributed by atoms with Gasteiger partial charge in [-0.25, -0.2) is 14.4 Å². The fourth-order valence-corrected chi connectivity index (χ4v) is 6.68. The van der Waals surface area contributed by atoms with Crippen molar-refractivity contribution < 1.29 is 118 Å². The van der Waals surface area contributed by atoms with Crippen LogP contribution in [-0.4, -0.2) is 186 Å². The van der Waals surface area contributed by atoms with E-state index in [1.807, 2.05) is 0 Å². The molecule has 0 bridgehead atoms. The highest BCUT2D eigenvalue weighted by Gasteiger charge is 2.57. The van der Waals surface area contributed by atoms with Crippen molar-refractivity contribution in [3.8, 4) is 40.1 Å². The minimum absolute atomic E-state index is 0.0450. The first-order chi connectivity index (χ1) is 28.3. The molecule has 25 nitrogen and oxygen atoms in total. The van der Waals surface area contributed by atoms with Crippen molar-refractivity contribution in [1.82, 2.24) is 0 Å². The maximum Gasteiger partial charge on any atom is 0.335 e. The molecule has 60 heavy (non-hydrogen) atoms. The number of aliphatic hydroxyl groups excluding tert-OH is 7. The smallest absolute Gasteiger partial charge is 0.335 e. The van der Waals surface area contributed by atoms with Gasteiger partial charge in [-0.1, -0.05) is 0 Å². The van der Waals surface area contributed by atoms with Gasteiger partial charge in [-0.05, 0) is 12.1 Å². The molecule has 4 heterocycles. The average molecular weight is 859 g/mol. The third-order valence-electron chi connectivity index (χ3n) is 9.77. The maximum absolute atomic E-state index is 13.1. The molecule has 2 aromatic carbocycles. The first-order valence-corrected chi connectivity index (χ1v) is 17.4. The molecule has 0 radical (unpaired) electrons. The van der Waals surface area contributed by atoms with E-state index in [4.69, 9.17) is 42.3 Å². The Morgan fingerprint density at radius 1 is 0.583 bits per heavy atom. The first-order valence-electron chi connectivity index (χ1n) is 17.4. The number of phenolic OH excluding ortho intramolecular Hbond substituents is 2. The number of aliphatic carboxylic acids is 3. The van der Waals surface area contributed by atoms with Gasteiger partial charge in [0.15, 0.2) is 47.8 Å². The predicted octanol–water partition coefficient (Wildman–Crippen LogP) is -4.01. The van der Waals surface area contributed by atoms with Crippen molar-refractivity contribution in [3.63, 3.8) is 0 Å². The Kier molecular flexibility index (Phi) is 12.7. The van der Waals surface area contributed by atoms with Crippen molar-refractivity contribution >= 4 is 28.9 Å². The number of fused-ring (bicyclic) bond motifs is 1. The van der Waals surface area contributed by atoms with E-state index in [9.17, 15) is 80.5 Å². The summed E-state index contributed by atoms with van der Waals surface area (Å²) in [6.07, 6.45) is -33.9. The lowest BCUT2D eigenvalue weighted by atomic mass is 9.95. The van der Waals surface area contributed by atoms with Gasteiger partial charge in [0.25, 0.3) is 0 Å². The van der Waals surface area contributed by atoms with E-state index in [2.05, 4.69) is 0 Å². The zero-order valence-electron chi connectivity index (χ0n) is 30.7. The second kappa shape index (κ2) is 17.3. The van der Waals surface area contributed by atoms with Gasteiger partial charge in [0.05, 0.1) is 14.2 Å². The summed E-state index contributed by atoms with van der Waals surface area (Å²) in [5, 5.41) is 124. The van der Waals surface area contributed by atoms with Crippen LogP contribution in [0, 0.1) is 0 Å². The van der Waals surface area contributed by atoms with Crippen LogP contribution in [-0.2, 0) is 38.1 Å².